The molecule has 1 unspecified atom stereocenters. The summed E-state index contributed by atoms with van der Waals surface area (Å²) in [7, 11) is 3.76. The number of carbonyl (C=O) groups excluding carboxylic acids is 2. The summed E-state index contributed by atoms with van der Waals surface area (Å²) >= 11 is 12.4. The highest BCUT2D eigenvalue weighted by atomic mass is 35.5. The SMILES string of the molecule is CN(C)CCN1C(=O)C(=O)/C(=C(\O)c2ccccc2)C1c1ccc(Cl)cc1Cl. The zero-order valence-corrected chi connectivity index (χ0v) is 17.0. The summed E-state index contributed by atoms with van der Waals surface area (Å²) in [6, 6.07) is 12.8. The van der Waals surface area contributed by atoms with E-state index in [0.717, 1.165) is 0 Å². The van der Waals surface area contributed by atoms with Gasteiger partial charge in [-0.2, -0.15) is 0 Å². The van der Waals surface area contributed by atoms with Crippen molar-refractivity contribution in [3.8, 4) is 0 Å². The number of likely N-dealkylation sites (N-methyl/N-ethyl adjacent to an activating group) is 1. The van der Waals surface area contributed by atoms with Gasteiger partial charge in [0.25, 0.3) is 11.7 Å². The Kier molecular flexibility index (Phi) is 6.08. The fraction of sp³-hybridized carbons (Fsp3) is 0.238. The number of amides is 1. The van der Waals surface area contributed by atoms with Gasteiger partial charge in [-0.25, -0.2) is 0 Å². The molecule has 1 aliphatic heterocycles. The summed E-state index contributed by atoms with van der Waals surface area (Å²) in [6.45, 7) is 0.868. The molecule has 28 heavy (non-hydrogen) atoms. The number of Topliss-reactive ketones (excluding diaryl/α,β-unsaturated/α-hetero) is 1. The highest BCUT2D eigenvalue weighted by Crippen LogP contribution is 2.42. The van der Waals surface area contributed by atoms with Crippen molar-refractivity contribution >= 4 is 40.7 Å². The zero-order chi connectivity index (χ0) is 20.4. The van der Waals surface area contributed by atoms with E-state index in [-0.39, 0.29) is 11.3 Å². The van der Waals surface area contributed by atoms with Crippen LogP contribution in [0, 0.1) is 0 Å². The Hall–Kier alpha value is -2.34. The summed E-state index contributed by atoms with van der Waals surface area (Å²) < 4.78 is 0. The number of ketones is 1. The first kappa shape index (κ1) is 20.4. The number of benzene rings is 2. The number of aliphatic hydroxyl groups is 1. The normalized spacial score (nSPS) is 18.9. The van der Waals surface area contributed by atoms with Crippen LogP contribution in [0.15, 0.2) is 54.1 Å². The molecular weight excluding hydrogens is 399 g/mol. The molecule has 1 atom stereocenters. The number of nitrogens with zero attached hydrogens (tertiary/aromatic N) is 2. The number of hydrogen-bond donors (Lipinski definition) is 1. The van der Waals surface area contributed by atoms with Crippen LogP contribution < -0.4 is 0 Å². The lowest BCUT2D eigenvalue weighted by molar-refractivity contribution is -0.140. The number of rotatable bonds is 5. The van der Waals surface area contributed by atoms with Gasteiger partial charge in [0.2, 0.25) is 0 Å². The summed E-state index contributed by atoms with van der Waals surface area (Å²) in [5.41, 5.74) is 1.03. The second kappa shape index (κ2) is 8.35. The summed E-state index contributed by atoms with van der Waals surface area (Å²) in [5, 5.41) is 11.7. The molecule has 0 aromatic heterocycles. The maximum absolute atomic E-state index is 12.8. The Morgan fingerprint density at radius 1 is 1.11 bits per heavy atom. The van der Waals surface area contributed by atoms with Crippen LogP contribution in [0.5, 0.6) is 0 Å². The van der Waals surface area contributed by atoms with Crippen molar-refractivity contribution in [2.24, 2.45) is 0 Å². The van der Waals surface area contributed by atoms with Crippen molar-refractivity contribution in [3.05, 3.63) is 75.3 Å². The predicted molar refractivity (Wildman–Crippen MR) is 110 cm³/mol. The van der Waals surface area contributed by atoms with Gasteiger partial charge in [0.05, 0.1) is 11.6 Å². The number of aliphatic hydroxyl groups excluding tert-OH is 1. The molecule has 0 saturated carbocycles. The van der Waals surface area contributed by atoms with Gasteiger partial charge < -0.3 is 14.9 Å². The van der Waals surface area contributed by atoms with Crippen LogP contribution in [0.2, 0.25) is 10.0 Å². The maximum atomic E-state index is 12.8. The van der Waals surface area contributed by atoms with Gasteiger partial charge in [0.15, 0.2) is 0 Å². The topological polar surface area (TPSA) is 60.9 Å². The average Bonchev–Trinajstić information content (AvgIpc) is 2.91. The highest BCUT2D eigenvalue weighted by molar-refractivity contribution is 6.47. The standard InChI is InChI=1S/C21H20Cl2N2O3/c1-24(2)10-11-25-18(15-9-8-14(22)12-16(15)23)17(20(27)21(25)28)19(26)13-6-4-3-5-7-13/h3-9,12,18,26H,10-11H2,1-2H3/b19-17-. The van der Waals surface area contributed by atoms with E-state index in [1.165, 1.54) is 4.90 Å². The van der Waals surface area contributed by atoms with Gasteiger partial charge in [-0.3, -0.25) is 9.59 Å². The molecule has 7 heteroatoms. The Bertz CT molecular complexity index is 942. The third-order valence-corrected chi connectivity index (χ3v) is 5.19. The lowest BCUT2D eigenvalue weighted by Crippen LogP contribution is -2.35. The van der Waals surface area contributed by atoms with Crippen LogP contribution >= 0.6 is 23.2 Å². The van der Waals surface area contributed by atoms with Crippen molar-refractivity contribution in [1.29, 1.82) is 0 Å². The van der Waals surface area contributed by atoms with Gasteiger partial charge in [0, 0.05) is 28.7 Å². The summed E-state index contributed by atoms with van der Waals surface area (Å²) in [6.07, 6.45) is 0. The van der Waals surface area contributed by atoms with E-state index in [2.05, 4.69) is 0 Å². The van der Waals surface area contributed by atoms with Crippen molar-refractivity contribution in [1.82, 2.24) is 9.80 Å². The molecule has 1 saturated heterocycles. The molecule has 1 heterocycles. The van der Waals surface area contributed by atoms with Crippen molar-refractivity contribution in [2.45, 2.75) is 6.04 Å². The molecule has 1 fully saturated rings. The van der Waals surface area contributed by atoms with Gasteiger partial charge in [-0.1, -0.05) is 59.6 Å². The quantitative estimate of drug-likeness (QED) is 0.453. The van der Waals surface area contributed by atoms with Crippen LogP contribution in [0.25, 0.3) is 5.76 Å². The molecule has 0 radical (unpaired) electrons. The van der Waals surface area contributed by atoms with Crippen LogP contribution in [0.1, 0.15) is 17.2 Å². The number of carbonyl (C=O) groups is 2. The monoisotopic (exact) mass is 418 g/mol. The van der Waals surface area contributed by atoms with E-state index in [0.29, 0.717) is 34.3 Å². The van der Waals surface area contributed by atoms with E-state index >= 15 is 0 Å². The summed E-state index contributed by atoms with van der Waals surface area (Å²) in [4.78, 5) is 29.0. The Labute approximate surface area is 173 Å². The minimum atomic E-state index is -0.787. The second-order valence-electron chi connectivity index (χ2n) is 6.83. The Balaban J connectivity index is 2.18. The van der Waals surface area contributed by atoms with Crippen molar-refractivity contribution in [2.75, 3.05) is 27.2 Å². The first-order valence-corrected chi connectivity index (χ1v) is 9.50. The first-order valence-electron chi connectivity index (χ1n) is 8.74. The van der Waals surface area contributed by atoms with Gasteiger partial charge in [-0.05, 0) is 31.8 Å². The smallest absolute Gasteiger partial charge is 0.295 e. The van der Waals surface area contributed by atoms with Crippen molar-refractivity contribution < 1.29 is 14.7 Å². The molecule has 1 aliphatic rings. The molecule has 2 aromatic rings. The fourth-order valence-corrected chi connectivity index (χ4v) is 3.73. The Morgan fingerprint density at radius 3 is 2.39 bits per heavy atom. The minimum absolute atomic E-state index is 0.0270. The highest BCUT2D eigenvalue weighted by Gasteiger charge is 2.46. The molecule has 1 N–H and O–H groups in total. The Morgan fingerprint density at radius 2 is 1.79 bits per heavy atom. The maximum Gasteiger partial charge on any atom is 0.295 e. The number of hydrogen-bond acceptors (Lipinski definition) is 4. The molecule has 0 aliphatic carbocycles. The van der Waals surface area contributed by atoms with Gasteiger partial charge >= 0.3 is 0 Å². The third kappa shape index (κ3) is 3.92. The molecule has 2 aromatic carbocycles. The molecule has 0 bridgehead atoms. The molecular formula is C21H20Cl2N2O3. The first-order chi connectivity index (χ1) is 13.3. The van der Waals surface area contributed by atoms with Crippen LogP contribution in [0.4, 0.5) is 0 Å². The van der Waals surface area contributed by atoms with E-state index in [1.807, 2.05) is 19.0 Å². The number of halogens is 2. The average molecular weight is 419 g/mol. The molecule has 5 nitrogen and oxygen atoms in total. The largest absolute Gasteiger partial charge is 0.507 e. The van der Waals surface area contributed by atoms with E-state index in [4.69, 9.17) is 23.2 Å². The summed E-state index contributed by atoms with van der Waals surface area (Å²) in [5.74, 6) is -1.60. The van der Waals surface area contributed by atoms with E-state index in [9.17, 15) is 14.7 Å². The van der Waals surface area contributed by atoms with Gasteiger partial charge in [0.1, 0.15) is 5.76 Å². The lowest BCUT2D eigenvalue weighted by atomic mass is 9.95. The van der Waals surface area contributed by atoms with E-state index in [1.54, 1.807) is 48.5 Å². The van der Waals surface area contributed by atoms with Gasteiger partial charge in [-0.15, -0.1) is 0 Å². The molecule has 0 spiro atoms. The molecule has 3 rings (SSSR count). The third-order valence-electron chi connectivity index (χ3n) is 4.63. The van der Waals surface area contributed by atoms with Crippen LogP contribution in [0.3, 0.4) is 0 Å². The van der Waals surface area contributed by atoms with Crippen molar-refractivity contribution in [3.63, 3.8) is 0 Å². The fourth-order valence-electron chi connectivity index (χ4n) is 3.22. The molecule has 146 valence electrons. The predicted octanol–water partition coefficient (Wildman–Crippen LogP) is 3.98. The number of likely N-dealkylation sites (tertiary alicyclic amines) is 1. The van der Waals surface area contributed by atoms with E-state index < -0.39 is 17.7 Å². The second-order valence-corrected chi connectivity index (χ2v) is 7.67. The zero-order valence-electron chi connectivity index (χ0n) is 15.5. The molecule has 1 amide bonds. The van der Waals surface area contributed by atoms with Crippen LogP contribution in [-0.2, 0) is 9.59 Å². The minimum Gasteiger partial charge on any atom is -0.507 e. The lowest BCUT2D eigenvalue weighted by Gasteiger charge is -2.27. The van der Waals surface area contributed by atoms with Crippen LogP contribution in [-0.4, -0.2) is 53.8 Å².